The normalized spacial score (nSPS) is 12.8. The molecule has 0 fully saturated rings. The Balaban J connectivity index is 1.59. The van der Waals surface area contributed by atoms with Gasteiger partial charge in [0.25, 0.3) is 0 Å². The first-order valence-electron chi connectivity index (χ1n) is 11.7. The molecule has 0 bridgehead atoms. The number of furan rings is 1. The number of thioether (sulfide) groups is 1. The highest BCUT2D eigenvalue weighted by Gasteiger charge is 2.23. The highest BCUT2D eigenvalue weighted by molar-refractivity contribution is 8.00. The molecule has 4 aromatic rings. The summed E-state index contributed by atoms with van der Waals surface area (Å²) in [4.78, 5) is 13.1. The second kappa shape index (κ2) is 11.3. The summed E-state index contributed by atoms with van der Waals surface area (Å²) in [7, 11) is 1.63. The van der Waals surface area contributed by atoms with Crippen LogP contribution in [0.25, 0.3) is 11.4 Å². The number of nitrogens with one attached hydrogen (secondary N) is 1. The molecule has 0 radical (unpaired) electrons. The fraction of sp³-hybridized carbons (Fsp3) is 0.296. The Labute approximate surface area is 209 Å². The number of hydrogen-bond donors (Lipinski definition) is 1. The van der Waals surface area contributed by atoms with Gasteiger partial charge in [0, 0.05) is 11.3 Å². The van der Waals surface area contributed by atoms with Crippen molar-refractivity contribution in [3.05, 3.63) is 78.3 Å². The highest BCUT2D eigenvalue weighted by atomic mass is 32.2. The molecule has 0 aliphatic carbocycles. The molecular formula is C27H30N4O3S. The van der Waals surface area contributed by atoms with Gasteiger partial charge in [0.1, 0.15) is 11.5 Å². The zero-order valence-electron chi connectivity index (χ0n) is 20.4. The fourth-order valence-corrected chi connectivity index (χ4v) is 4.61. The standard InChI is InChI=1S/C27H30N4O3S/c1-5-18(2)23-13-6-7-14-24(23)28-26(32)19(3)35-27-30-29-25(20-10-8-11-21(16-20)33-4)31(27)17-22-12-9-15-34-22/h6-16,18-19H,5,17H2,1-4H3,(H,28,32). The van der Waals surface area contributed by atoms with E-state index in [1.54, 1.807) is 13.4 Å². The predicted molar refractivity (Wildman–Crippen MR) is 139 cm³/mol. The third kappa shape index (κ3) is 5.77. The largest absolute Gasteiger partial charge is 0.497 e. The number of ether oxygens (including phenoxy) is 1. The van der Waals surface area contributed by atoms with Crippen molar-refractivity contribution >= 4 is 23.4 Å². The van der Waals surface area contributed by atoms with E-state index in [9.17, 15) is 4.79 Å². The predicted octanol–water partition coefficient (Wildman–Crippen LogP) is 6.23. The third-order valence-corrected chi connectivity index (χ3v) is 7.03. The van der Waals surface area contributed by atoms with Gasteiger partial charge in [-0.05, 0) is 55.2 Å². The van der Waals surface area contributed by atoms with E-state index in [4.69, 9.17) is 9.15 Å². The number of nitrogens with zero attached hydrogens (tertiary/aromatic N) is 3. The summed E-state index contributed by atoms with van der Waals surface area (Å²) in [5.41, 5.74) is 2.87. The minimum absolute atomic E-state index is 0.0822. The van der Waals surface area contributed by atoms with Gasteiger partial charge in [-0.2, -0.15) is 0 Å². The van der Waals surface area contributed by atoms with E-state index in [0.717, 1.165) is 34.7 Å². The van der Waals surface area contributed by atoms with Gasteiger partial charge >= 0.3 is 0 Å². The lowest BCUT2D eigenvalue weighted by atomic mass is 9.97. The molecule has 1 amide bonds. The van der Waals surface area contributed by atoms with Crippen LogP contribution in [0.2, 0.25) is 0 Å². The van der Waals surface area contributed by atoms with Crippen LogP contribution >= 0.6 is 11.8 Å². The summed E-state index contributed by atoms with van der Waals surface area (Å²) in [5.74, 6) is 2.46. The molecule has 0 aliphatic heterocycles. The monoisotopic (exact) mass is 490 g/mol. The molecule has 1 N–H and O–H groups in total. The maximum absolute atomic E-state index is 13.1. The number of rotatable bonds is 10. The van der Waals surface area contributed by atoms with E-state index in [2.05, 4.69) is 35.4 Å². The van der Waals surface area contributed by atoms with Crippen molar-refractivity contribution < 1.29 is 13.9 Å². The minimum Gasteiger partial charge on any atom is -0.497 e. The van der Waals surface area contributed by atoms with Crippen molar-refractivity contribution in [2.75, 3.05) is 12.4 Å². The molecule has 2 unspecified atom stereocenters. The lowest BCUT2D eigenvalue weighted by Gasteiger charge is -2.18. The molecular weight excluding hydrogens is 460 g/mol. The van der Waals surface area contributed by atoms with Gasteiger partial charge in [-0.25, -0.2) is 0 Å². The average molecular weight is 491 g/mol. The quantitative estimate of drug-likeness (QED) is 0.266. The second-order valence-electron chi connectivity index (χ2n) is 8.35. The first-order chi connectivity index (χ1) is 17.0. The Hall–Kier alpha value is -3.52. The summed E-state index contributed by atoms with van der Waals surface area (Å²) in [6, 6.07) is 19.4. The minimum atomic E-state index is -0.391. The first kappa shape index (κ1) is 24.6. The Kier molecular flexibility index (Phi) is 7.92. The molecule has 2 atom stereocenters. The van der Waals surface area contributed by atoms with E-state index in [1.165, 1.54) is 11.8 Å². The summed E-state index contributed by atoms with van der Waals surface area (Å²) in [6.07, 6.45) is 2.64. The Morgan fingerprint density at radius 3 is 2.69 bits per heavy atom. The molecule has 35 heavy (non-hydrogen) atoms. The molecule has 4 rings (SSSR count). The van der Waals surface area contributed by atoms with Gasteiger partial charge in [-0.15, -0.1) is 10.2 Å². The summed E-state index contributed by atoms with van der Waals surface area (Å²) < 4.78 is 12.9. The smallest absolute Gasteiger partial charge is 0.237 e. The van der Waals surface area contributed by atoms with Crippen LogP contribution in [-0.2, 0) is 11.3 Å². The number of amides is 1. The van der Waals surface area contributed by atoms with Crippen LogP contribution in [0.5, 0.6) is 5.75 Å². The van der Waals surface area contributed by atoms with Crippen LogP contribution in [0.4, 0.5) is 5.69 Å². The van der Waals surface area contributed by atoms with Crippen molar-refractivity contribution in [2.45, 2.75) is 50.1 Å². The lowest BCUT2D eigenvalue weighted by molar-refractivity contribution is -0.115. The van der Waals surface area contributed by atoms with Gasteiger partial charge in [-0.1, -0.05) is 55.9 Å². The zero-order chi connectivity index (χ0) is 24.8. The Morgan fingerprint density at radius 1 is 1.11 bits per heavy atom. The van der Waals surface area contributed by atoms with E-state index in [1.807, 2.05) is 66.1 Å². The number of carbonyl (C=O) groups excluding carboxylic acids is 1. The Bertz CT molecular complexity index is 1270. The van der Waals surface area contributed by atoms with Gasteiger partial charge in [0.15, 0.2) is 11.0 Å². The number of methoxy groups -OCH3 is 1. The molecule has 0 spiro atoms. The molecule has 0 aliphatic rings. The van der Waals surface area contributed by atoms with Gasteiger partial charge in [-0.3, -0.25) is 9.36 Å². The van der Waals surface area contributed by atoms with Crippen LogP contribution in [0.3, 0.4) is 0 Å². The zero-order valence-corrected chi connectivity index (χ0v) is 21.2. The number of carbonyl (C=O) groups is 1. The van der Waals surface area contributed by atoms with Crippen LogP contribution < -0.4 is 10.1 Å². The third-order valence-electron chi connectivity index (χ3n) is 5.95. The average Bonchev–Trinajstić information content (AvgIpc) is 3.54. The van der Waals surface area contributed by atoms with Gasteiger partial charge in [0.05, 0.1) is 25.2 Å². The number of hydrogen-bond acceptors (Lipinski definition) is 6. The number of anilines is 1. The lowest BCUT2D eigenvalue weighted by Crippen LogP contribution is -2.24. The molecule has 2 heterocycles. The Morgan fingerprint density at radius 2 is 1.94 bits per heavy atom. The van der Waals surface area contributed by atoms with Gasteiger partial charge in [0.2, 0.25) is 5.91 Å². The van der Waals surface area contributed by atoms with E-state index < -0.39 is 5.25 Å². The second-order valence-corrected chi connectivity index (χ2v) is 9.66. The number of para-hydroxylation sites is 1. The van der Waals surface area contributed by atoms with Crippen LogP contribution in [0, 0.1) is 0 Å². The summed E-state index contributed by atoms with van der Waals surface area (Å²) in [6.45, 7) is 6.64. The SMILES string of the molecule is CCC(C)c1ccccc1NC(=O)C(C)Sc1nnc(-c2cccc(OC)c2)n1Cc1ccco1. The molecule has 0 saturated carbocycles. The molecule has 7 nitrogen and oxygen atoms in total. The fourth-order valence-electron chi connectivity index (χ4n) is 3.76. The van der Waals surface area contributed by atoms with Crippen molar-refractivity contribution in [1.29, 1.82) is 0 Å². The van der Waals surface area contributed by atoms with E-state index in [0.29, 0.717) is 23.4 Å². The van der Waals surface area contributed by atoms with Crippen molar-refractivity contribution in [2.24, 2.45) is 0 Å². The molecule has 2 aromatic carbocycles. The molecule has 182 valence electrons. The maximum Gasteiger partial charge on any atom is 0.237 e. The first-order valence-corrected chi connectivity index (χ1v) is 12.5. The molecule has 2 aromatic heterocycles. The summed E-state index contributed by atoms with van der Waals surface area (Å²) in [5, 5.41) is 12.2. The highest BCUT2D eigenvalue weighted by Crippen LogP contribution is 2.31. The van der Waals surface area contributed by atoms with Crippen LogP contribution in [0.15, 0.2) is 76.5 Å². The maximum atomic E-state index is 13.1. The molecule has 0 saturated heterocycles. The van der Waals surface area contributed by atoms with Crippen molar-refractivity contribution in [3.63, 3.8) is 0 Å². The van der Waals surface area contributed by atoms with Crippen molar-refractivity contribution in [3.8, 4) is 17.1 Å². The van der Waals surface area contributed by atoms with E-state index in [-0.39, 0.29) is 5.91 Å². The topological polar surface area (TPSA) is 82.2 Å². The van der Waals surface area contributed by atoms with Crippen LogP contribution in [0.1, 0.15) is 44.4 Å². The van der Waals surface area contributed by atoms with Crippen molar-refractivity contribution in [1.82, 2.24) is 14.8 Å². The molecule has 8 heteroatoms. The van der Waals surface area contributed by atoms with Gasteiger partial charge < -0.3 is 14.5 Å². The summed E-state index contributed by atoms with van der Waals surface area (Å²) >= 11 is 1.37. The number of benzene rings is 2. The number of aromatic nitrogens is 3. The van der Waals surface area contributed by atoms with E-state index >= 15 is 0 Å². The van der Waals surface area contributed by atoms with Crippen LogP contribution in [-0.4, -0.2) is 33.0 Å².